The molecule has 2 aromatic carbocycles. The molecule has 1 fully saturated rings. The average molecular weight is 346 g/mol. The Morgan fingerprint density at radius 2 is 1.88 bits per heavy atom. The molecule has 0 unspecified atom stereocenters. The molecule has 1 saturated heterocycles. The van der Waals surface area contributed by atoms with Crippen LogP contribution in [0.1, 0.15) is 11.1 Å². The molecule has 128 valence electrons. The molecule has 0 amide bonds. The van der Waals surface area contributed by atoms with Gasteiger partial charge < -0.3 is 9.64 Å². The minimum atomic E-state index is -3.43. The summed E-state index contributed by atoms with van der Waals surface area (Å²) in [5, 5.41) is 0. The number of sulfonamides is 1. The summed E-state index contributed by atoms with van der Waals surface area (Å²) in [6.07, 6.45) is 0.289. The predicted octanol–water partition coefficient (Wildman–Crippen LogP) is 2.77. The second-order valence-electron chi connectivity index (χ2n) is 6.16. The molecule has 0 spiro atoms. The van der Waals surface area contributed by atoms with Gasteiger partial charge in [0, 0.05) is 31.6 Å². The van der Waals surface area contributed by atoms with E-state index in [1.165, 1.54) is 0 Å². The van der Waals surface area contributed by atoms with Crippen LogP contribution < -0.4 is 9.62 Å². The van der Waals surface area contributed by atoms with Crippen molar-refractivity contribution in [3.63, 3.8) is 0 Å². The number of rotatable bonds is 6. The highest BCUT2D eigenvalue weighted by Crippen LogP contribution is 2.24. The number of methoxy groups -OCH3 is 1. The van der Waals surface area contributed by atoms with Crippen molar-refractivity contribution >= 4 is 21.4 Å². The van der Waals surface area contributed by atoms with Crippen LogP contribution in [-0.4, -0.2) is 34.7 Å². The van der Waals surface area contributed by atoms with Crippen LogP contribution in [0.2, 0.25) is 0 Å². The van der Waals surface area contributed by atoms with Gasteiger partial charge in [0.1, 0.15) is 0 Å². The normalized spacial score (nSPS) is 15.2. The summed E-state index contributed by atoms with van der Waals surface area (Å²) >= 11 is 0. The summed E-state index contributed by atoms with van der Waals surface area (Å²) in [7, 11) is -1.71. The minimum Gasteiger partial charge on any atom is -0.378 e. The molecule has 0 aliphatic carbocycles. The van der Waals surface area contributed by atoms with Crippen LogP contribution in [-0.2, 0) is 20.5 Å². The van der Waals surface area contributed by atoms with E-state index < -0.39 is 10.0 Å². The molecule has 1 aliphatic heterocycles. The van der Waals surface area contributed by atoms with Crippen molar-refractivity contribution in [3.05, 3.63) is 59.7 Å². The number of ether oxygens (including phenoxy) is 1. The van der Waals surface area contributed by atoms with Gasteiger partial charge in [-0.1, -0.05) is 29.8 Å². The fraction of sp³-hybridized carbons (Fsp3) is 0.333. The van der Waals surface area contributed by atoms with E-state index in [1.807, 2.05) is 43.3 Å². The molecule has 5 nitrogen and oxygen atoms in total. The van der Waals surface area contributed by atoms with Crippen molar-refractivity contribution < 1.29 is 13.2 Å². The Kier molecular flexibility index (Phi) is 4.78. The SMILES string of the molecule is COC1CN(c2ccc(NS(=O)(=O)Cc3cccc(C)c3)cc2)C1. The lowest BCUT2D eigenvalue weighted by molar-refractivity contribution is 0.0788. The predicted molar refractivity (Wildman–Crippen MR) is 96.9 cm³/mol. The van der Waals surface area contributed by atoms with E-state index >= 15 is 0 Å². The first-order valence-corrected chi connectivity index (χ1v) is 9.54. The second kappa shape index (κ2) is 6.83. The number of benzene rings is 2. The molecule has 1 heterocycles. The fourth-order valence-electron chi connectivity index (χ4n) is 2.78. The molecule has 24 heavy (non-hydrogen) atoms. The average Bonchev–Trinajstić information content (AvgIpc) is 2.47. The number of nitrogens with zero attached hydrogens (tertiary/aromatic N) is 1. The van der Waals surface area contributed by atoms with Gasteiger partial charge in [0.25, 0.3) is 0 Å². The zero-order valence-corrected chi connectivity index (χ0v) is 14.7. The van der Waals surface area contributed by atoms with Gasteiger partial charge >= 0.3 is 0 Å². The van der Waals surface area contributed by atoms with Crippen molar-refractivity contribution in [2.45, 2.75) is 18.8 Å². The van der Waals surface area contributed by atoms with Gasteiger partial charge in [-0.25, -0.2) is 8.42 Å². The molecule has 1 N–H and O–H groups in total. The standard InChI is InChI=1S/C18H22N2O3S/c1-14-4-3-5-15(10-14)13-24(21,22)19-16-6-8-17(9-7-16)20-11-18(12-20)23-2/h3-10,18-19H,11-13H2,1-2H3. The monoisotopic (exact) mass is 346 g/mol. The van der Waals surface area contributed by atoms with Gasteiger partial charge in [0.2, 0.25) is 10.0 Å². The summed E-state index contributed by atoms with van der Waals surface area (Å²) < 4.78 is 32.5. The maximum absolute atomic E-state index is 12.3. The summed E-state index contributed by atoms with van der Waals surface area (Å²) in [6, 6.07) is 15.0. The first-order valence-electron chi connectivity index (χ1n) is 7.89. The van der Waals surface area contributed by atoms with E-state index in [0.29, 0.717) is 5.69 Å². The highest BCUT2D eigenvalue weighted by atomic mass is 32.2. The van der Waals surface area contributed by atoms with Crippen molar-refractivity contribution in [1.29, 1.82) is 0 Å². The third-order valence-electron chi connectivity index (χ3n) is 4.13. The topological polar surface area (TPSA) is 58.6 Å². The van der Waals surface area contributed by atoms with Crippen LogP contribution >= 0.6 is 0 Å². The minimum absolute atomic E-state index is 0.0297. The van der Waals surface area contributed by atoms with Gasteiger partial charge in [-0.2, -0.15) is 0 Å². The van der Waals surface area contributed by atoms with E-state index in [0.717, 1.165) is 29.9 Å². The summed E-state index contributed by atoms with van der Waals surface area (Å²) in [5.41, 5.74) is 3.49. The lowest BCUT2D eigenvalue weighted by Gasteiger charge is -2.40. The Morgan fingerprint density at radius 1 is 1.17 bits per heavy atom. The Labute approximate surface area is 143 Å². The maximum Gasteiger partial charge on any atom is 0.236 e. The van der Waals surface area contributed by atoms with Crippen molar-refractivity contribution in [3.8, 4) is 0 Å². The fourth-order valence-corrected chi connectivity index (χ4v) is 3.96. The summed E-state index contributed by atoms with van der Waals surface area (Å²) in [4.78, 5) is 2.19. The molecule has 0 radical (unpaired) electrons. The van der Waals surface area contributed by atoms with Crippen molar-refractivity contribution in [2.24, 2.45) is 0 Å². The maximum atomic E-state index is 12.3. The first kappa shape index (κ1) is 16.8. The van der Waals surface area contributed by atoms with Crippen LogP contribution in [0.3, 0.4) is 0 Å². The molecular formula is C18H22N2O3S. The third kappa shape index (κ3) is 4.07. The quantitative estimate of drug-likeness (QED) is 0.874. The molecule has 0 aromatic heterocycles. The van der Waals surface area contributed by atoms with Crippen molar-refractivity contribution in [1.82, 2.24) is 0 Å². The number of hydrogen-bond donors (Lipinski definition) is 1. The van der Waals surface area contributed by atoms with E-state index in [1.54, 1.807) is 19.2 Å². The Balaban J connectivity index is 1.62. The van der Waals surface area contributed by atoms with E-state index in [9.17, 15) is 8.42 Å². The number of nitrogens with one attached hydrogen (secondary N) is 1. The Bertz CT molecular complexity index is 797. The molecule has 1 aliphatic rings. The molecule has 0 atom stereocenters. The summed E-state index contributed by atoms with van der Waals surface area (Å²) in [6.45, 7) is 3.69. The van der Waals surface area contributed by atoms with Gasteiger partial charge in [0.05, 0.1) is 11.9 Å². The summed E-state index contributed by atoms with van der Waals surface area (Å²) in [5.74, 6) is -0.0297. The highest BCUT2D eigenvalue weighted by molar-refractivity contribution is 7.91. The molecule has 0 saturated carbocycles. The molecule has 6 heteroatoms. The largest absolute Gasteiger partial charge is 0.378 e. The molecular weight excluding hydrogens is 324 g/mol. The van der Waals surface area contributed by atoms with Gasteiger partial charge in [-0.05, 0) is 36.8 Å². The third-order valence-corrected chi connectivity index (χ3v) is 5.39. The highest BCUT2D eigenvalue weighted by Gasteiger charge is 2.26. The van der Waals surface area contributed by atoms with E-state index in [4.69, 9.17) is 4.74 Å². The zero-order chi connectivity index (χ0) is 17.2. The van der Waals surface area contributed by atoms with Crippen LogP contribution in [0, 0.1) is 6.92 Å². The number of anilines is 2. The van der Waals surface area contributed by atoms with Crippen LogP contribution in [0.25, 0.3) is 0 Å². The van der Waals surface area contributed by atoms with Gasteiger partial charge in [-0.15, -0.1) is 0 Å². The van der Waals surface area contributed by atoms with Gasteiger partial charge in [0.15, 0.2) is 0 Å². The second-order valence-corrected chi connectivity index (χ2v) is 7.88. The number of aryl methyl sites for hydroxylation is 1. The van der Waals surface area contributed by atoms with Crippen molar-refractivity contribution in [2.75, 3.05) is 29.8 Å². The lowest BCUT2D eigenvalue weighted by Crippen LogP contribution is -2.51. The smallest absolute Gasteiger partial charge is 0.236 e. The van der Waals surface area contributed by atoms with Gasteiger partial charge in [-0.3, -0.25) is 4.72 Å². The molecule has 0 bridgehead atoms. The van der Waals surface area contributed by atoms with E-state index in [-0.39, 0.29) is 11.9 Å². The molecule has 2 aromatic rings. The van der Waals surface area contributed by atoms with Crippen LogP contribution in [0.4, 0.5) is 11.4 Å². The lowest BCUT2D eigenvalue weighted by atomic mass is 10.1. The zero-order valence-electron chi connectivity index (χ0n) is 13.9. The number of hydrogen-bond acceptors (Lipinski definition) is 4. The van der Waals surface area contributed by atoms with E-state index in [2.05, 4.69) is 9.62 Å². The van der Waals surface area contributed by atoms with Crippen LogP contribution in [0.5, 0.6) is 0 Å². The molecule has 3 rings (SSSR count). The first-order chi connectivity index (χ1) is 11.4. The Hall–Kier alpha value is -2.05. The van der Waals surface area contributed by atoms with Crippen LogP contribution in [0.15, 0.2) is 48.5 Å². The Morgan fingerprint density at radius 3 is 2.50 bits per heavy atom.